The van der Waals surface area contributed by atoms with Crippen molar-refractivity contribution in [1.82, 2.24) is 9.80 Å². The molecule has 3 aliphatic rings. The minimum Gasteiger partial charge on any atom is -0.507 e. The van der Waals surface area contributed by atoms with Crippen LogP contribution in [-0.2, 0) is 14.3 Å². The van der Waals surface area contributed by atoms with Crippen molar-refractivity contribution >= 4 is 29.1 Å². The summed E-state index contributed by atoms with van der Waals surface area (Å²) in [6, 6.07) is 11.2. The third kappa shape index (κ3) is 4.17. The van der Waals surface area contributed by atoms with E-state index < -0.39 is 17.7 Å². The molecule has 0 saturated carbocycles. The average molecular weight is 471 g/mol. The van der Waals surface area contributed by atoms with Gasteiger partial charge in [0, 0.05) is 36.8 Å². The van der Waals surface area contributed by atoms with Crippen LogP contribution < -0.4 is 9.47 Å². The van der Waals surface area contributed by atoms with Gasteiger partial charge in [-0.05, 0) is 35.9 Å². The predicted octanol–water partition coefficient (Wildman–Crippen LogP) is 2.82. The number of halogens is 1. The summed E-state index contributed by atoms with van der Waals surface area (Å²) in [7, 11) is 0. The number of amides is 1. The minimum absolute atomic E-state index is 0.0446. The van der Waals surface area contributed by atoms with Gasteiger partial charge in [0.1, 0.15) is 5.76 Å². The number of Topliss-reactive ketones (excluding diaryl/α,β-unsaturated/α-hetero) is 1. The number of benzene rings is 2. The lowest BCUT2D eigenvalue weighted by molar-refractivity contribution is -0.140. The van der Waals surface area contributed by atoms with Crippen molar-refractivity contribution in [2.24, 2.45) is 0 Å². The van der Waals surface area contributed by atoms with E-state index in [0.717, 1.165) is 13.1 Å². The molecule has 2 aromatic carbocycles. The zero-order valence-electron chi connectivity index (χ0n) is 17.8. The number of nitrogens with zero attached hydrogens (tertiary/aromatic N) is 2. The van der Waals surface area contributed by atoms with Gasteiger partial charge in [-0.25, -0.2) is 0 Å². The summed E-state index contributed by atoms with van der Waals surface area (Å²) < 4.78 is 16.1. The number of aliphatic hydroxyl groups is 1. The molecule has 1 amide bonds. The van der Waals surface area contributed by atoms with Gasteiger partial charge in [0.05, 0.1) is 24.8 Å². The van der Waals surface area contributed by atoms with E-state index in [0.29, 0.717) is 54.0 Å². The fourth-order valence-corrected chi connectivity index (χ4v) is 4.50. The van der Waals surface area contributed by atoms with Crippen molar-refractivity contribution < 1.29 is 28.9 Å². The van der Waals surface area contributed by atoms with Crippen LogP contribution in [0.25, 0.3) is 5.76 Å². The topological polar surface area (TPSA) is 88.5 Å². The van der Waals surface area contributed by atoms with Crippen LogP contribution in [0.2, 0.25) is 5.02 Å². The molecular formula is C24H23ClN2O6. The van der Waals surface area contributed by atoms with Crippen molar-refractivity contribution in [3.63, 3.8) is 0 Å². The number of hydrogen-bond donors (Lipinski definition) is 1. The van der Waals surface area contributed by atoms with Crippen molar-refractivity contribution in [2.75, 3.05) is 46.2 Å². The van der Waals surface area contributed by atoms with Crippen molar-refractivity contribution in [2.45, 2.75) is 6.04 Å². The number of ether oxygens (including phenoxy) is 3. The first-order chi connectivity index (χ1) is 16.0. The number of fused-ring (bicyclic) bond motifs is 1. The van der Waals surface area contributed by atoms with Crippen LogP contribution in [-0.4, -0.2) is 72.8 Å². The van der Waals surface area contributed by atoms with E-state index in [2.05, 4.69) is 4.90 Å². The maximum absolute atomic E-state index is 13.1. The Morgan fingerprint density at radius 1 is 1.00 bits per heavy atom. The Hall–Kier alpha value is -3.07. The van der Waals surface area contributed by atoms with Gasteiger partial charge in [-0.3, -0.25) is 14.5 Å². The molecule has 33 heavy (non-hydrogen) atoms. The van der Waals surface area contributed by atoms with Gasteiger partial charge in [-0.15, -0.1) is 0 Å². The van der Waals surface area contributed by atoms with E-state index in [-0.39, 0.29) is 18.1 Å². The highest BCUT2D eigenvalue weighted by molar-refractivity contribution is 6.46. The lowest BCUT2D eigenvalue weighted by Crippen LogP contribution is -2.42. The summed E-state index contributed by atoms with van der Waals surface area (Å²) in [4.78, 5) is 29.9. The predicted molar refractivity (Wildman–Crippen MR) is 120 cm³/mol. The van der Waals surface area contributed by atoms with Crippen LogP contribution in [0.3, 0.4) is 0 Å². The highest BCUT2D eigenvalue weighted by Crippen LogP contribution is 2.41. The van der Waals surface area contributed by atoms with Gasteiger partial charge < -0.3 is 24.2 Å². The molecule has 0 spiro atoms. The SMILES string of the molecule is O=C1C(=O)N(CCN2CCOCC2)C(c2ccc(Cl)cc2)/C1=C(\O)c1ccc2c(c1)OCO2. The fraction of sp³-hybridized carbons (Fsp3) is 0.333. The smallest absolute Gasteiger partial charge is 0.295 e. The van der Waals surface area contributed by atoms with E-state index in [1.165, 1.54) is 4.90 Å². The first kappa shape index (κ1) is 21.8. The zero-order valence-corrected chi connectivity index (χ0v) is 18.6. The molecule has 2 saturated heterocycles. The molecule has 2 fully saturated rings. The number of ketones is 1. The maximum atomic E-state index is 13.1. The van der Waals surface area contributed by atoms with Crippen molar-refractivity contribution in [1.29, 1.82) is 0 Å². The molecule has 1 atom stereocenters. The molecule has 5 rings (SSSR count). The molecule has 2 aromatic rings. The lowest BCUT2D eigenvalue weighted by Gasteiger charge is -2.31. The lowest BCUT2D eigenvalue weighted by atomic mass is 9.95. The summed E-state index contributed by atoms with van der Waals surface area (Å²) in [6.45, 7) is 3.86. The van der Waals surface area contributed by atoms with Crippen LogP contribution in [0.5, 0.6) is 11.5 Å². The van der Waals surface area contributed by atoms with Crippen LogP contribution in [0, 0.1) is 0 Å². The molecule has 0 aromatic heterocycles. The highest BCUT2D eigenvalue weighted by atomic mass is 35.5. The molecule has 1 N–H and O–H groups in total. The van der Waals surface area contributed by atoms with Crippen LogP contribution in [0.1, 0.15) is 17.2 Å². The van der Waals surface area contributed by atoms with Crippen molar-refractivity contribution in [3.8, 4) is 11.5 Å². The second-order valence-electron chi connectivity index (χ2n) is 8.07. The molecule has 0 aliphatic carbocycles. The Kier molecular flexibility index (Phi) is 5.97. The summed E-state index contributed by atoms with van der Waals surface area (Å²) in [5.41, 5.74) is 1.12. The number of likely N-dealkylation sites (tertiary alicyclic amines) is 1. The second kappa shape index (κ2) is 9.05. The number of aliphatic hydroxyl groups excluding tert-OH is 1. The number of rotatable bonds is 5. The van der Waals surface area contributed by atoms with Gasteiger partial charge in [0.2, 0.25) is 6.79 Å². The van der Waals surface area contributed by atoms with Crippen LogP contribution in [0.4, 0.5) is 0 Å². The third-order valence-electron chi connectivity index (χ3n) is 6.13. The van der Waals surface area contributed by atoms with Gasteiger partial charge >= 0.3 is 0 Å². The zero-order chi connectivity index (χ0) is 22.9. The standard InChI is InChI=1S/C24H23ClN2O6/c25-17-4-1-15(2-5-17)21-20(22(28)16-3-6-18-19(13-16)33-14-32-18)23(29)24(30)27(21)8-7-26-9-11-31-12-10-26/h1-6,13,21,28H,7-12,14H2/b22-20+. The van der Waals surface area contributed by atoms with Crippen LogP contribution in [0.15, 0.2) is 48.0 Å². The van der Waals surface area contributed by atoms with E-state index in [1.807, 2.05) is 0 Å². The van der Waals surface area contributed by atoms with Gasteiger partial charge in [-0.2, -0.15) is 0 Å². The molecule has 3 aliphatic heterocycles. The molecule has 172 valence electrons. The highest BCUT2D eigenvalue weighted by Gasteiger charge is 2.46. The van der Waals surface area contributed by atoms with Gasteiger partial charge in [0.15, 0.2) is 11.5 Å². The third-order valence-corrected chi connectivity index (χ3v) is 6.38. The van der Waals surface area contributed by atoms with Gasteiger partial charge in [-0.1, -0.05) is 23.7 Å². The molecular weight excluding hydrogens is 448 g/mol. The molecule has 3 heterocycles. The monoisotopic (exact) mass is 470 g/mol. The Labute approximate surface area is 195 Å². The normalized spacial score (nSPS) is 22.2. The maximum Gasteiger partial charge on any atom is 0.295 e. The Bertz CT molecular complexity index is 1110. The Balaban J connectivity index is 1.53. The molecule has 9 heteroatoms. The summed E-state index contributed by atoms with van der Waals surface area (Å²) in [5, 5.41) is 11.7. The van der Waals surface area contributed by atoms with E-state index in [1.54, 1.807) is 42.5 Å². The Morgan fingerprint density at radius 3 is 2.48 bits per heavy atom. The first-order valence-corrected chi connectivity index (χ1v) is 11.1. The largest absolute Gasteiger partial charge is 0.507 e. The number of hydrogen-bond acceptors (Lipinski definition) is 7. The van der Waals surface area contributed by atoms with Gasteiger partial charge in [0.25, 0.3) is 11.7 Å². The fourth-order valence-electron chi connectivity index (χ4n) is 4.38. The average Bonchev–Trinajstić information content (AvgIpc) is 3.41. The molecule has 0 bridgehead atoms. The number of morpholine rings is 1. The molecule has 0 radical (unpaired) electrons. The Morgan fingerprint density at radius 2 is 1.73 bits per heavy atom. The first-order valence-electron chi connectivity index (χ1n) is 10.8. The summed E-state index contributed by atoms with van der Waals surface area (Å²) in [6.07, 6.45) is 0. The van der Waals surface area contributed by atoms with E-state index >= 15 is 0 Å². The number of carbonyl (C=O) groups excluding carboxylic acids is 2. The van der Waals surface area contributed by atoms with Crippen LogP contribution >= 0.6 is 11.6 Å². The minimum atomic E-state index is -0.728. The molecule has 8 nitrogen and oxygen atoms in total. The van der Waals surface area contributed by atoms with E-state index in [4.69, 9.17) is 25.8 Å². The summed E-state index contributed by atoms with van der Waals surface area (Å²) in [5.74, 6) is -0.562. The second-order valence-corrected chi connectivity index (χ2v) is 8.50. The van der Waals surface area contributed by atoms with Crippen molar-refractivity contribution in [3.05, 3.63) is 64.2 Å². The quantitative estimate of drug-likeness (QED) is 0.408. The van der Waals surface area contributed by atoms with E-state index in [9.17, 15) is 14.7 Å². The molecule has 1 unspecified atom stereocenters. The summed E-state index contributed by atoms with van der Waals surface area (Å²) >= 11 is 6.07. The number of carbonyl (C=O) groups is 2.